The molecule has 114 valence electrons. The Labute approximate surface area is 133 Å². The van der Waals surface area contributed by atoms with Crippen LogP contribution in [0.4, 0.5) is 5.69 Å². The third-order valence-corrected chi connectivity index (χ3v) is 3.34. The molecule has 0 saturated carbocycles. The van der Waals surface area contributed by atoms with Gasteiger partial charge in [0, 0.05) is 44.8 Å². The van der Waals surface area contributed by atoms with Gasteiger partial charge in [-0.1, -0.05) is 18.2 Å². The van der Waals surface area contributed by atoms with Gasteiger partial charge >= 0.3 is 0 Å². The number of hydrogen-bond donors (Lipinski definition) is 1. The molecule has 2 rings (SSSR count). The summed E-state index contributed by atoms with van der Waals surface area (Å²) in [5.74, 6) is 0.261. The zero-order chi connectivity index (χ0) is 12.8. The Balaban J connectivity index is 0.00000180. The molecule has 1 saturated heterocycles. The van der Waals surface area contributed by atoms with Crippen molar-refractivity contribution < 1.29 is 4.79 Å². The standard InChI is InChI=1S/C14H21N3O.2ClH/c1-15-8-7-14(18)17-11-9-16(10-12-17)13-5-3-2-4-6-13;;/h2-6,15H,7-12H2,1H3;2*1H. The van der Waals surface area contributed by atoms with Crippen molar-refractivity contribution in [3.8, 4) is 0 Å². The molecular weight excluding hydrogens is 297 g/mol. The fourth-order valence-electron chi connectivity index (χ4n) is 2.24. The van der Waals surface area contributed by atoms with Crippen molar-refractivity contribution in [1.29, 1.82) is 0 Å². The summed E-state index contributed by atoms with van der Waals surface area (Å²) in [4.78, 5) is 16.2. The van der Waals surface area contributed by atoms with Gasteiger partial charge in [-0.15, -0.1) is 24.8 Å². The normalized spacial score (nSPS) is 14.2. The first-order valence-corrected chi connectivity index (χ1v) is 6.53. The van der Waals surface area contributed by atoms with Crippen LogP contribution in [0.1, 0.15) is 6.42 Å². The predicted octanol–water partition coefficient (Wildman–Crippen LogP) is 1.79. The lowest BCUT2D eigenvalue weighted by atomic mass is 10.2. The summed E-state index contributed by atoms with van der Waals surface area (Å²) >= 11 is 0. The third kappa shape index (κ3) is 5.19. The number of piperazine rings is 1. The molecule has 4 nitrogen and oxygen atoms in total. The van der Waals surface area contributed by atoms with E-state index in [1.165, 1.54) is 5.69 Å². The molecule has 1 aromatic rings. The van der Waals surface area contributed by atoms with Crippen LogP contribution in [0.15, 0.2) is 30.3 Å². The smallest absolute Gasteiger partial charge is 0.223 e. The maximum absolute atomic E-state index is 11.9. The van der Waals surface area contributed by atoms with E-state index in [0.717, 1.165) is 32.7 Å². The van der Waals surface area contributed by atoms with E-state index in [1.807, 2.05) is 18.0 Å². The van der Waals surface area contributed by atoms with Crippen LogP contribution >= 0.6 is 24.8 Å². The Morgan fingerprint density at radius 3 is 2.25 bits per heavy atom. The minimum atomic E-state index is 0. The number of carbonyl (C=O) groups excluding carboxylic acids is 1. The van der Waals surface area contributed by atoms with Crippen molar-refractivity contribution in [3.63, 3.8) is 0 Å². The van der Waals surface area contributed by atoms with Gasteiger partial charge in [0.15, 0.2) is 0 Å². The molecule has 0 bridgehead atoms. The Morgan fingerprint density at radius 2 is 1.70 bits per heavy atom. The van der Waals surface area contributed by atoms with Gasteiger partial charge in [-0.05, 0) is 19.2 Å². The van der Waals surface area contributed by atoms with Crippen molar-refractivity contribution in [2.24, 2.45) is 0 Å². The Hall–Kier alpha value is -0.970. The Morgan fingerprint density at radius 1 is 1.10 bits per heavy atom. The van der Waals surface area contributed by atoms with Crippen molar-refractivity contribution >= 4 is 36.4 Å². The van der Waals surface area contributed by atoms with Crippen LogP contribution in [0, 0.1) is 0 Å². The molecule has 1 N–H and O–H groups in total. The molecule has 0 radical (unpaired) electrons. The molecule has 0 spiro atoms. The summed E-state index contributed by atoms with van der Waals surface area (Å²) in [5, 5.41) is 3.01. The highest BCUT2D eigenvalue weighted by molar-refractivity contribution is 5.85. The Bertz CT molecular complexity index is 381. The quantitative estimate of drug-likeness (QED) is 0.919. The highest BCUT2D eigenvalue weighted by Gasteiger charge is 2.20. The van der Waals surface area contributed by atoms with Gasteiger partial charge < -0.3 is 15.1 Å². The monoisotopic (exact) mass is 319 g/mol. The number of halogens is 2. The van der Waals surface area contributed by atoms with E-state index in [1.54, 1.807) is 0 Å². The molecule has 1 fully saturated rings. The average molecular weight is 320 g/mol. The number of amides is 1. The van der Waals surface area contributed by atoms with E-state index in [2.05, 4.69) is 34.5 Å². The molecule has 1 aliphatic heterocycles. The average Bonchev–Trinajstić information content (AvgIpc) is 2.46. The maximum atomic E-state index is 11.9. The van der Waals surface area contributed by atoms with Gasteiger partial charge in [0.1, 0.15) is 0 Å². The van der Waals surface area contributed by atoms with E-state index >= 15 is 0 Å². The van der Waals surface area contributed by atoms with Gasteiger partial charge in [-0.3, -0.25) is 4.79 Å². The summed E-state index contributed by atoms with van der Waals surface area (Å²) in [7, 11) is 1.88. The largest absolute Gasteiger partial charge is 0.368 e. The van der Waals surface area contributed by atoms with Gasteiger partial charge in [0.05, 0.1) is 0 Å². The lowest BCUT2D eigenvalue weighted by molar-refractivity contribution is -0.131. The Kier molecular flexibility index (Phi) is 9.38. The number of nitrogens with zero attached hydrogens (tertiary/aromatic N) is 2. The molecule has 6 heteroatoms. The first-order valence-electron chi connectivity index (χ1n) is 6.53. The third-order valence-electron chi connectivity index (χ3n) is 3.34. The maximum Gasteiger partial charge on any atom is 0.223 e. The number of carbonyl (C=O) groups is 1. The molecule has 1 aliphatic rings. The number of hydrogen-bond acceptors (Lipinski definition) is 3. The second kappa shape index (κ2) is 9.86. The fraction of sp³-hybridized carbons (Fsp3) is 0.500. The van der Waals surface area contributed by atoms with Crippen LogP contribution in [0.5, 0.6) is 0 Å². The summed E-state index contributed by atoms with van der Waals surface area (Å²) < 4.78 is 0. The summed E-state index contributed by atoms with van der Waals surface area (Å²) in [6.07, 6.45) is 0.599. The van der Waals surface area contributed by atoms with Gasteiger partial charge in [0.2, 0.25) is 5.91 Å². The first-order chi connectivity index (χ1) is 8.81. The van der Waals surface area contributed by atoms with Gasteiger partial charge in [-0.25, -0.2) is 0 Å². The minimum absolute atomic E-state index is 0. The molecule has 0 aromatic heterocycles. The molecule has 1 aromatic carbocycles. The predicted molar refractivity (Wildman–Crippen MR) is 88.3 cm³/mol. The molecule has 1 amide bonds. The summed E-state index contributed by atoms with van der Waals surface area (Å²) in [6, 6.07) is 10.4. The van der Waals surface area contributed by atoms with Crippen LogP contribution in [0.3, 0.4) is 0 Å². The van der Waals surface area contributed by atoms with E-state index in [-0.39, 0.29) is 30.7 Å². The SMILES string of the molecule is CNCCC(=O)N1CCN(c2ccccc2)CC1.Cl.Cl. The number of anilines is 1. The second-order valence-electron chi connectivity index (χ2n) is 4.56. The van der Waals surface area contributed by atoms with E-state index in [0.29, 0.717) is 6.42 Å². The van der Waals surface area contributed by atoms with Gasteiger partial charge in [-0.2, -0.15) is 0 Å². The topological polar surface area (TPSA) is 35.6 Å². The van der Waals surface area contributed by atoms with Crippen LogP contribution in [-0.2, 0) is 4.79 Å². The lowest BCUT2D eigenvalue weighted by Crippen LogP contribution is -2.49. The van der Waals surface area contributed by atoms with Gasteiger partial charge in [0.25, 0.3) is 0 Å². The zero-order valence-corrected chi connectivity index (χ0v) is 13.4. The highest BCUT2D eigenvalue weighted by atomic mass is 35.5. The fourth-order valence-corrected chi connectivity index (χ4v) is 2.24. The molecule has 0 unspecified atom stereocenters. The van der Waals surface area contributed by atoms with Crippen LogP contribution in [-0.4, -0.2) is 50.6 Å². The number of nitrogens with one attached hydrogen (secondary N) is 1. The number of para-hydroxylation sites is 1. The molecule has 1 heterocycles. The van der Waals surface area contributed by atoms with E-state index in [4.69, 9.17) is 0 Å². The summed E-state index contributed by atoms with van der Waals surface area (Å²) in [5.41, 5.74) is 1.25. The molecule has 20 heavy (non-hydrogen) atoms. The zero-order valence-electron chi connectivity index (χ0n) is 11.7. The molecule has 0 aliphatic carbocycles. The number of rotatable bonds is 4. The summed E-state index contributed by atoms with van der Waals surface area (Å²) in [6.45, 7) is 4.28. The van der Waals surface area contributed by atoms with E-state index < -0.39 is 0 Å². The molecular formula is C14H23Cl2N3O. The van der Waals surface area contributed by atoms with Crippen LogP contribution in [0.25, 0.3) is 0 Å². The van der Waals surface area contributed by atoms with Crippen molar-refractivity contribution in [3.05, 3.63) is 30.3 Å². The minimum Gasteiger partial charge on any atom is -0.368 e. The van der Waals surface area contributed by atoms with Crippen molar-refractivity contribution in [2.45, 2.75) is 6.42 Å². The van der Waals surface area contributed by atoms with Crippen molar-refractivity contribution in [1.82, 2.24) is 10.2 Å². The van der Waals surface area contributed by atoms with Crippen LogP contribution in [0.2, 0.25) is 0 Å². The second-order valence-corrected chi connectivity index (χ2v) is 4.56. The lowest BCUT2D eigenvalue weighted by Gasteiger charge is -2.36. The van der Waals surface area contributed by atoms with Crippen LogP contribution < -0.4 is 10.2 Å². The first kappa shape index (κ1) is 19.0. The van der Waals surface area contributed by atoms with E-state index in [9.17, 15) is 4.79 Å². The van der Waals surface area contributed by atoms with Crippen molar-refractivity contribution in [2.75, 3.05) is 44.7 Å². The molecule has 0 atom stereocenters. The number of benzene rings is 1. The highest BCUT2D eigenvalue weighted by Crippen LogP contribution is 2.15.